The summed E-state index contributed by atoms with van der Waals surface area (Å²) in [6.07, 6.45) is -5.39. The van der Waals surface area contributed by atoms with E-state index in [4.69, 9.17) is 21.1 Å². The molecule has 2 aromatic carbocycles. The lowest BCUT2D eigenvalue weighted by molar-refractivity contribution is -0.231. The van der Waals surface area contributed by atoms with Crippen LogP contribution in [0.3, 0.4) is 0 Å². The molecule has 0 radical (unpaired) electrons. The summed E-state index contributed by atoms with van der Waals surface area (Å²) in [5, 5.41) is 40.3. The van der Waals surface area contributed by atoms with Gasteiger partial charge >= 0.3 is 0 Å². The molecule has 0 bridgehead atoms. The standard InChI is InChI=1S/C21H25ClO6/c1-2-27-15-6-3-12(4-7-15)9-14-10-13(5-8-16(14)22)21-20(26)19(25)18(24)17(11-23)28-21/h3-8,10,17-21,23-26H,2,9,11H2,1H3/t17?,18-,19+,20?,21?/m1/s1. The van der Waals surface area contributed by atoms with Crippen molar-refractivity contribution in [3.63, 3.8) is 0 Å². The third-order valence-corrected chi connectivity index (χ3v) is 5.29. The Morgan fingerprint density at radius 2 is 1.71 bits per heavy atom. The minimum atomic E-state index is -1.42. The minimum absolute atomic E-state index is 0.464. The third-order valence-electron chi connectivity index (χ3n) is 4.92. The molecule has 28 heavy (non-hydrogen) atoms. The van der Waals surface area contributed by atoms with Gasteiger partial charge < -0.3 is 29.9 Å². The molecule has 1 aliphatic heterocycles. The summed E-state index contributed by atoms with van der Waals surface area (Å²) < 4.78 is 11.1. The first-order valence-electron chi connectivity index (χ1n) is 9.25. The minimum Gasteiger partial charge on any atom is -0.494 e. The van der Waals surface area contributed by atoms with Crippen molar-refractivity contribution >= 4 is 11.6 Å². The molecule has 6 nitrogen and oxygen atoms in total. The van der Waals surface area contributed by atoms with Crippen molar-refractivity contribution in [3.05, 3.63) is 64.2 Å². The fourth-order valence-corrected chi connectivity index (χ4v) is 3.56. The average Bonchev–Trinajstić information content (AvgIpc) is 2.70. The number of rotatable bonds is 6. The van der Waals surface area contributed by atoms with E-state index < -0.39 is 37.1 Å². The second-order valence-electron chi connectivity index (χ2n) is 6.85. The number of hydrogen-bond acceptors (Lipinski definition) is 6. The fraction of sp³-hybridized carbons (Fsp3) is 0.429. The van der Waals surface area contributed by atoms with Gasteiger partial charge in [0, 0.05) is 5.02 Å². The number of aliphatic hydroxyl groups excluding tert-OH is 4. The van der Waals surface area contributed by atoms with E-state index in [1.165, 1.54) is 0 Å². The van der Waals surface area contributed by atoms with Crippen molar-refractivity contribution in [2.45, 2.75) is 43.9 Å². The van der Waals surface area contributed by atoms with Crippen LogP contribution in [-0.4, -0.2) is 58.1 Å². The van der Waals surface area contributed by atoms with E-state index in [9.17, 15) is 20.4 Å². The van der Waals surface area contributed by atoms with Crippen molar-refractivity contribution in [2.24, 2.45) is 0 Å². The first kappa shape index (κ1) is 21.0. The summed E-state index contributed by atoms with van der Waals surface area (Å²) in [6.45, 7) is 2.07. The summed E-state index contributed by atoms with van der Waals surface area (Å²) in [5.74, 6) is 0.799. The lowest BCUT2D eigenvalue weighted by Crippen LogP contribution is -2.55. The number of hydrogen-bond donors (Lipinski definition) is 4. The van der Waals surface area contributed by atoms with Crippen LogP contribution in [0.5, 0.6) is 5.75 Å². The Balaban J connectivity index is 1.82. The highest BCUT2D eigenvalue weighted by Gasteiger charge is 2.43. The maximum Gasteiger partial charge on any atom is 0.119 e. The van der Waals surface area contributed by atoms with E-state index in [-0.39, 0.29) is 0 Å². The normalized spacial score (nSPS) is 27.6. The molecular formula is C21H25ClO6. The molecular weight excluding hydrogens is 384 g/mol. The lowest BCUT2D eigenvalue weighted by atomic mass is 9.90. The van der Waals surface area contributed by atoms with Crippen LogP contribution in [0.25, 0.3) is 0 Å². The van der Waals surface area contributed by atoms with Gasteiger partial charge in [-0.2, -0.15) is 0 Å². The molecule has 1 heterocycles. The largest absolute Gasteiger partial charge is 0.494 e. The molecule has 1 fully saturated rings. The molecule has 0 amide bonds. The zero-order valence-corrected chi connectivity index (χ0v) is 16.3. The fourth-order valence-electron chi connectivity index (χ4n) is 3.37. The third kappa shape index (κ3) is 4.49. The molecule has 0 aliphatic carbocycles. The van der Waals surface area contributed by atoms with Gasteiger partial charge in [-0.05, 0) is 48.2 Å². The van der Waals surface area contributed by atoms with Crippen LogP contribution in [0.15, 0.2) is 42.5 Å². The number of halogens is 1. The molecule has 1 saturated heterocycles. The van der Waals surface area contributed by atoms with Crippen LogP contribution in [0.1, 0.15) is 29.7 Å². The van der Waals surface area contributed by atoms with Crippen LogP contribution in [-0.2, 0) is 11.2 Å². The SMILES string of the molecule is CCOc1ccc(Cc2cc(C3OC(CO)[C@@H](O)[C@H](O)C3O)ccc2Cl)cc1. The maximum absolute atomic E-state index is 10.3. The summed E-state index contributed by atoms with van der Waals surface area (Å²) in [5.41, 5.74) is 2.49. The Kier molecular flexibility index (Phi) is 6.93. The van der Waals surface area contributed by atoms with E-state index in [0.29, 0.717) is 23.6 Å². The van der Waals surface area contributed by atoms with Gasteiger partial charge in [0.2, 0.25) is 0 Å². The van der Waals surface area contributed by atoms with Crippen LogP contribution >= 0.6 is 11.6 Å². The van der Waals surface area contributed by atoms with Crippen LogP contribution in [0.2, 0.25) is 5.02 Å². The Morgan fingerprint density at radius 1 is 1.00 bits per heavy atom. The zero-order chi connectivity index (χ0) is 20.3. The summed E-state index contributed by atoms with van der Waals surface area (Å²) in [4.78, 5) is 0. The first-order valence-corrected chi connectivity index (χ1v) is 9.63. The molecule has 5 atom stereocenters. The molecule has 3 unspecified atom stereocenters. The monoisotopic (exact) mass is 408 g/mol. The van der Waals surface area contributed by atoms with Crippen molar-refractivity contribution in [1.29, 1.82) is 0 Å². The van der Waals surface area contributed by atoms with Gasteiger partial charge in [0.05, 0.1) is 13.2 Å². The molecule has 152 valence electrons. The average molecular weight is 409 g/mol. The van der Waals surface area contributed by atoms with Crippen LogP contribution in [0, 0.1) is 0 Å². The van der Waals surface area contributed by atoms with Gasteiger partial charge in [0.25, 0.3) is 0 Å². The molecule has 1 aliphatic rings. The molecule has 0 saturated carbocycles. The van der Waals surface area contributed by atoms with Gasteiger partial charge in [-0.15, -0.1) is 0 Å². The van der Waals surface area contributed by atoms with Crippen LogP contribution in [0.4, 0.5) is 0 Å². The Hall–Kier alpha value is -1.67. The molecule has 7 heteroatoms. The Morgan fingerprint density at radius 3 is 2.36 bits per heavy atom. The highest BCUT2D eigenvalue weighted by molar-refractivity contribution is 6.31. The topological polar surface area (TPSA) is 99.4 Å². The second kappa shape index (κ2) is 9.22. The molecule has 2 aromatic rings. The molecule has 4 N–H and O–H groups in total. The lowest BCUT2D eigenvalue weighted by Gasteiger charge is -2.40. The predicted octanol–water partition coefficient (Wildman–Crippen LogP) is 1.84. The molecule has 0 aromatic heterocycles. The van der Waals surface area contributed by atoms with Crippen LogP contribution < -0.4 is 4.74 Å². The highest BCUT2D eigenvalue weighted by atomic mass is 35.5. The first-order chi connectivity index (χ1) is 13.4. The molecule has 0 spiro atoms. The van der Waals surface area contributed by atoms with E-state index in [0.717, 1.165) is 16.9 Å². The van der Waals surface area contributed by atoms with E-state index in [1.54, 1.807) is 12.1 Å². The van der Waals surface area contributed by atoms with E-state index >= 15 is 0 Å². The van der Waals surface area contributed by atoms with Crippen molar-refractivity contribution in [3.8, 4) is 5.75 Å². The van der Waals surface area contributed by atoms with Crippen molar-refractivity contribution < 1.29 is 29.9 Å². The van der Waals surface area contributed by atoms with Gasteiger partial charge in [0.15, 0.2) is 0 Å². The number of benzene rings is 2. The summed E-state index contributed by atoms with van der Waals surface area (Å²) in [7, 11) is 0. The highest BCUT2D eigenvalue weighted by Crippen LogP contribution is 2.34. The van der Waals surface area contributed by atoms with Gasteiger partial charge in [-0.25, -0.2) is 0 Å². The van der Waals surface area contributed by atoms with E-state index in [1.807, 2.05) is 37.3 Å². The summed E-state index contributed by atoms with van der Waals surface area (Å²) >= 11 is 6.35. The van der Waals surface area contributed by atoms with Gasteiger partial charge in [-0.3, -0.25) is 0 Å². The second-order valence-corrected chi connectivity index (χ2v) is 7.26. The number of ether oxygens (including phenoxy) is 2. The number of aliphatic hydroxyl groups is 4. The smallest absolute Gasteiger partial charge is 0.119 e. The van der Waals surface area contributed by atoms with Gasteiger partial charge in [0.1, 0.15) is 36.3 Å². The maximum atomic E-state index is 10.3. The zero-order valence-electron chi connectivity index (χ0n) is 15.5. The Labute approximate surface area is 168 Å². The van der Waals surface area contributed by atoms with Crippen molar-refractivity contribution in [2.75, 3.05) is 13.2 Å². The van der Waals surface area contributed by atoms with Crippen molar-refractivity contribution in [1.82, 2.24) is 0 Å². The quantitative estimate of drug-likeness (QED) is 0.582. The van der Waals surface area contributed by atoms with E-state index in [2.05, 4.69) is 0 Å². The molecule has 3 rings (SSSR count). The predicted molar refractivity (Wildman–Crippen MR) is 105 cm³/mol. The van der Waals surface area contributed by atoms with Gasteiger partial charge in [-0.1, -0.05) is 35.9 Å². The Bertz CT molecular complexity index is 779. The summed E-state index contributed by atoms with van der Waals surface area (Å²) in [6, 6.07) is 12.9.